The number of hydrogen-bond acceptors (Lipinski definition) is 4. The highest BCUT2D eigenvalue weighted by Gasteiger charge is 2.19. The average Bonchev–Trinajstić information content (AvgIpc) is 2.70. The van der Waals surface area contributed by atoms with E-state index in [0.717, 1.165) is 5.56 Å². The summed E-state index contributed by atoms with van der Waals surface area (Å²) in [7, 11) is 0. The summed E-state index contributed by atoms with van der Waals surface area (Å²) in [5.41, 5.74) is 2.71. The smallest absolute Gasteiger partial charge is 0.255 e. The third-order valence-corrected chi connectivity index (χ3v) is 4.73. The van der Waals surface area contributed by atoms with E-state index in [2.05, 4.69) is 31.4 Å². The molecule has 2 rings (SSSR count). The van der Waals surface area contributed by atoms with E-state index in [-0.39, 0.29) is 23.1 Å². The van der Waals surface area contributed by atoms with Crippen LogP contribution >= 0.6 is 0 Å². The Balaban J connectivity index is 2.36. The van der Waals surface area contributed by atoms with Crippen molar-refractivity contribution in [3.63, 3.8) is 0 Å². The van der Waals surface area contributed by atoms with Gasteiger partial charge in [0, 0.05) is 23.6 Å². The topological polar surface area (TPSA) is 76.7 Å². The quantitative estimate of drug-likeness (QED) is 0.574. The third kappa shape index (κ3) is 6.48. The van der Waals surface area contributed by atoms with Crippen molar-refractivity contribution in [1.82, 2.24) is 0 Å². The molecule has 0 aliphatic carbocycles. The first-order chi connectivity index (χ1) is 14.6. The van der Waals surface area contributed by atoms with Crippen LogP contribution in [0.3, 0.4) is 0 Å². The Labute approximate surface area is 185 Å². The SMILES string of the molecule is CCOc1cc(NC(=O)C(C)C)c(OCC)cc1NC(=O)c1ccc(C(C)(C)C)cc1. The van der Waals surface area contributed by atoms with Crippen molar-refractivity contribution in [3.8, 4) is 11.5 Å². The van der Waals surface area contributed by atoms with Gasteiger partial charge in [0.05, 0.1) is 24.6 Å². The molecular formula is C25H34N2O4. The second-order valence-corrected chi connectivity index (χ2v) is 8.64. The summed E-state index contributed by atoms with van der Waals surface area (Å²) in [5.74, 6) is 0.380. The zero-order valence-electron chi connectivity index (χ0n) is 19.6. The lowest BCUT2D eigenvalue weighted by Crippen LogP contribution is -2.19. The van der Waals surface area contributed by atoms with Crippen molar-refractivity contribution in [3.05, 3.63) is 47.5 Å². The highest BCUT2D eigenvalue weighted by Crippen LogP contribution is 2.37. The van der Waals surface area contributed by atoms with Crippen LogP contribution in [-0.4, -0.2) is 25.0 Å². The molecule has 0 aliphatic heterocycles. The molecule has 31 heavy (non-hydrogen) atoms. The predicted octanol–water partition coefficient (Wildman–Crippen LogP) is 5.63. The van der Waals surface area contributed by atoms with Gasteiger partial charge in [0.1, 0.15) is 11.5 Å². The van der Waals surface area contributed by atoms with Crippen molar-refractivity contribution in [2.75, 3.05) is 23.8 Å². The van der Waals surface area contributed by atoms with Crippen LogP contribution in [0.4, 0.5) is 11.4 Å². The fourth-order valence-electron chi connectivity index (χ4n) is 2.90. The maximum atomic E-state index is 12.9. The Morgan fingerprint density at radius 2 is 1.35 bits per heavy atom. The zero-order chi connectivity index (χ0) is 23.2. The Morgan fingerprint density at radius 3 is 1.77 bits per heavy atom. The van der Waals surface area contributed by atoms with E-state index in [4.69, 9.17) is 9.47 Å². The Kier molecular flexibility index (Phi) is 8.08. The number of benzene rings is 2. The summed E-state index contributed by atoms with van der Waals surface area (Å²) in [6.45, 7) is 14.6. The van der Waals surface area contributed by atoms with Gasteiger partial charge in [-0.25, -0.2) is 0 Å². The van der Waals surface area contributed by atoms with Crippen LogP contribution in [0.25, 0.3) is 0 Å². The van der Waals surface area contributed by atoms with E-state index >= 15 is 0 Å². The van der Waals surface area contributed by atoms with Crippen molar-refractivity contribution in [2.24, 2.45) is 5.92 Å². The van der Waals surface area contributed by atoms with Gasteiger partial charge in [-0.1, -0.05) is 46.8 Å². The van der Waals surface area contributed by atoms with E-state index in [1.54, 1.807) is 12.1 Å². The zero-order valence-corrected chi connectivity index (χ0v) is 19.6. The standard InChI is InChI=1S/C25H34N2O4/c1-8-30-21-15-20(22(31-9-2)14-19(21)26-23(28)16(3)4)27-24(29)17-10-12-18(13-11-17)25(5,6)7/h10-16H,8-9H2,1-7H3,(H,26,28)(H,27,29). The van der Waals surface area contributed by atoms with Crippen LogP contribution < -0.4 is 20.1 Å². The molecule has 2 N–H and O–H groups in total. The predicted molar refractivity (Wildman–Crippen MR) is 125 cm³/mol. The average molecular weight is 427 g/mol. The Hall–Kier alpha value is -3.02. The number of carbonyl (C=O) groups excluding carboxylic acids is 2. The van der Waals surface area contributed by atoms with E-state index in [0.29, 0.717) is 41.7 Å². The van der Waals surface area contributed by atoms with Crippen LogP contribution in [0, 0.1) is 5.92 Å². The summed E-state index contributed by atoms with van der Waals surface area (Å²) in [5, 5.41) is 5.78. The second-order valence-electron chi connectivity index (χ2n) is 8.64. The number of carbonyl (C=O) groups is 2. The van der Waals surface area contributed by atoms with Gasteiger partial charge in [0.15, 0.2) is 0 Å². The monoisotopic (exact) mass is 426 g/mol. The molecule has 0 heterocycles. The molecule has 2 amide bonds. The summed E-state index contributed by atoms with van der Waals surface area (Å²) in [6, 6.07) is 10.9. The molecule has 0 saturated carbocycles. The first-order valence-electron chi connectivity index (χ1n) is 10.7. The molecule has 0 unspecified atom stereocenters. The largest absolute Gasteiger partial charge is 0.492 e. The highest BCUT2D eigenvalue weighted by atomic mass is 16.5. The number of amides is 2. The van der Waals surface area contributed by atoms with E-state index < -0.39 is 0 Å². The molecule has 0 atom stereocenters. The van der Waals surface area contributed by atoms with Gasteiger partial charge in [-0.3, -0.25) is 9.59 Å². The molecule has 6 heteroatoms. The lowest BCUT2D eigenvalue weighted by Gasteiger charge is -2.20. The molecule has 2 aromatic carbocycles. The van der Waals surface area contributed by atoms with Crippen molar-refractivity contribution >= 4 is 23.2 Å². The Morgan fingerprint density at radius 1 is 0.871 bits per heavy atom. The van der Waals surface area contributed by atoms with Gasteiger partial charge in [-0.05, 0) is 37.0 Å². The summed E-state index contributed by atoms with van der Waals surface area (Å²) in [6.07, 6.45) is 0. The van der Waals surface area contributed by atoms with Crippen LogP contribution in [0.5, 0.6) is 11.5 Å². The van der Waals surface area contributed by atoms with Gasteiger partial charge in [-0.15, -0.1) is 0 Å². The Bertz CT molecular complexity index is 912. The second kappa shape index (κ2) is 10.3. The molecule has 2 aromatic rings. The molecule has 0 aromatic heterocycles. The van der Waals surface area contributed by atoms with Crippen molar-refractivity contribution in [1.29, 1.82) is 0 Å². The van der Waals surface area contributed by atoms with Gasteiger partial charge in [0.25, 0.3) is 5.91 Å². The lowest BCUT2D eigenvalue weighted by molar-refractivity contribution is -0.118. The molecule has 6 nitrogen and oxygen atoms in total. The van der Waals surface area contributed by atoms with E-state index in [1.165, 1.54) is 0 Å². The first-order valence-corrected chi connectivity index (χ1v) is 10.7. The molecule has 0 saturated heterocycles. The number of rotatable bonds is 8. The molecule has 0 fully saturated rings. The number of anilines is 2. The molecular weight excluding hydrogens is 392 g/mol. The normalized spacial score (nSPS) is 11.2. The van der Waals surface area contributed by atoms with Crippen molar-refractivity contribution in [2.45, 2.75) is 53.9 Å². The number of nitrogens with one attached hydrogen (secondary N) is 2. The molecule has 0 radical (unpaired) electrons. The summed E-state index contributed by atoms with van der Waals surface area (Å²) in [4.78, 5) is 25.1. The van der Waals surface area contributed by atoms with E-state index in [9.17, 15) is 9.59 Å². The third-order valence-electron chi connectivity index (χ3n) is 4.73. The molecule has 0 aliphatic rings. The lowest BCUT2D eigenvalue weighted by atomic mass is 9.87. The summed E-state index contributed by atoms with van der Waals surface area (Å²) >= 11 is 0. The van der Waals surface area contributed by atoms with Crippen LogP contribution in [0.2, 0.25) is 0 Å². The van der Waals surface area contributed by atoms with Crippen molar-refractivity contribution < 1.29 is 19.1 Å². The first kappa shape index (κ1) is 24.3. The fourth-order valence-corrected chi connectivity index (χ4v) is 2.90. The van der Waals surface area contributed by atoms with Crippen LogP contribution in [-0.2, 0) is 10.2 Å². The fraction of sp³-hybridized carbons (Fsp3) is 0.440. The van der Waals surface area contributed by atoms with Crippen LogP contribution in [0.1, 0.15) is 64.4 Å². The van der Waals surface area contributed by atoms with E-state index in [1.807, 2.05) is 52.0 Å². The van der Waals surface area contributed by atoms with Gasteiger partial charge in [-0.2, -0.15) is 0 Å². The number of hydrogen-bond donors (Lipinski definition) is 2. The summed E-state index contributed by atoms with van der Waals surface area (Å²) < 4.78 is 11.4. The molecule has 0 spiro atoms. The minimum Gasteiger partial charge on any atom is -0.492 e. The highest BCUT2D eigenvalue weighted by molar-refractivity contribution is 6.05. The maximum absolute atomic E-state index is 12.9. The minimum absolute atomic E-state index is 0.0137. The number of ether oxygens (including phenoxy) is 2. The van der Waals surface area contributed by atoms with Gasteiger partial charge >= 0.3 is 0 Å². The van der Waals surface area contributed by atoms with Crippen LogP contribution in [0.15, 0.2) is 36.4 Å². The minimum atomic E-state index is -0.247. The van der Waals surface area contributed by atoms with Gasteiger partial charge in [0.2, 0.25) is 5.91 Å². The molecule has 0 bridgehead atoms. The maximum Gasteiger partial charge on any atom is 0.255 e. The van der Waals surface area contributed by atoms with Gasteiger partial charge < -0.3 is 20.1 Å². The molecule has 168 valence electrons.